The van der Waals surface area contributed by atoms with E-state index in [1.807, 2.05) is 0 Å². The van der Waals surface area contributed by atoms with Gasteiger partial charge < -0.3 is 5.32 Å². The molecule has 2 aromatic carbocycles. The van der Waals surface area contributed by atoms with Gasteiger partial charge >= 0.3 is 0 Å². The molecule has 0 aliphatic rings. The average Bonchev–Trinajstić information content (AvgIpc) is 2.60. The zero-order valence-electron chi connectivity index (χ0n) is 14.0. The van der Waals surface area contributed by atoms with Gasteiger partial charge in [0.1, 0.15) is 4.90 Å². The van der Waals surface area contributed by atoms with E-state index in [4.69, 9.17) is 11.6 Å². The molecule has 2 rings (SSSR count). The van der Waals surface area contributed by atoms with Crippen molar-refractivity contribution in [2.75, 3.05) is 14.1 Å². The molecule has 0 unspecified atom stereocenters. The van der Waals surface area contributed by atoms with Gasteiger partial charge in [-0.1, -0.05) is 23.7 Å². The van der Waals surface area contributed by atoms with Gasteiger partial charge in [0.25, 0.3) is 11.6 Å². The second-order valence-electron chi connectivity index (χ2n) is 5.54. The van der Waals surface area contributed by atoms with Crippen molar-refractivity contribution < 1.29 is 18.1 Å². The van der Waals surface area contributed by atoms with E-state index < -0.39 is 20.9 Å². The van der Waals surface area contributed by atoms with E-state index in [1.165, 1.54) is 56.6 Å². The molecular formula is C16H16ClN3O5S. The second kappa shape index (κ2) is 7.81. The molecule has 2 aromatic rings. The Kier molecular flexibility index (Phi) is 5.96. The first-order valence-electron chi connectivity index (χ1n) is 7.36. The first-order chi connectivity index (χ1) is 12.1. The van der Waals surface area contributed by atoms with E-state index in [0.717, 1.165) is 4.31 Å². The predicted molar refractivity (Wildman–Crippen MR) is 96.6 cm³/mol. The largest absolute Gasteiger partial charge is 0.348 e. The smallest absolute Gasteiger partial charge is 0.269 e. The lowest BCUT2D eigenvalue weighted by atomic mass is 10.2. The van der Waals surface area contributed by atoms with E-state index in [1.54, 1.807) is 0 Å². The van der Waals surface area contributed by atoms with Crippen LogP contribution >= 0.6 is 11.6 Å². The Hall–Kier alpha value is -2.49. The van der Waals surface area contributed by atoms with Crippen LogP contribution in [0.3, 0.4) is 0 Å². The number of hydrogen-bond acceptors (Lipinski definition) is 5. The van der Waals surface area contributed by atoms with Crippen LogP contribution in [0.2, 0.25) is 5.02 Å². The molecule has 0 aliphatic heterocycles. The van der Waals surface area contributed by atoms with Crippen LogP contribution in [0, 0.1) is 10.1 Å². The van der Waals surface area contributed by atoms with Gasteiger partial charge in [-0.15, -0.1) is 0 Å². The molecule has 1 amide bonds. The molecule has 0 radical (unpaired) electrons. The SMILES string of the molecule is CN(C)S(=O)(=O)c1cc(C(=O)NCc2ccc([N+](=O)[O-])cc2)ccc1Cl. The number of hydrogen-bond donors (Lipinski definition) is 1. The molecule has 0 spiro atoms. The molecule has 10 heteroatoms. The highest BCUT2D eigenvalue weighted by Gasteiger charge is 2.22. The third-order valence-electron chi connectivity index (χ3n) is 3.55. The lowest BCUT2D eigenvalue weighted by molar-refractivity contribution is -0.384. The third kappa shape index (κ3) is 4.37. The number of halogens is 1. The summed E-state index contributed by atoms with van der Waals surface area (Å²) in [5.41, 5.74) is 0.757. The normalized spacial score (nSPS) is 11.4. The van der Waals surface area contributed by atoms with Gasteiger partial charge in [-0.05, 0) is 23.8 Å². The summed E-state index contributed by atoms with van der Waals surface area (Å²) in [5.74, 6) is -0.491. The molecule has 0 atom stereocenters. The van der Waals surface area contributed by atoms with E-state index in [2.05, 4.69) is 5.32 Å². The minimum absolute atomic E-state index is 0.0191. The Morgan fingerprint density at radius 1 is 1.19 bits per heavy atom. The van der Waals surface area contributed by atoms with Crippen LogP contribution in [0.5, 0.6) is 0 Å². The molecule has 138 valence electrons. The number of sulfonamides is 1. The number of nitrogens with zero attached hydrogens (tertiary/aromatic N) is 2. The molecule has 0 aromatic heterocycles. The maximum atomic E-state index is 12.3. The van der Waals surface area contributed by atoms with Gasteiger partial charge in [-0.3, -0.25) is 14.9 Å². The fourth-order valence-electron chi connectivity index (χ4n) is 2.06. The van der Waals surface area contributed by atoms with Gasteiger partial charge in [0, 0.05) is 38.3 Å². The highest BCUT2D eigenvalue weighted by Crippen LogP contribution is 2.24. The summed E-state index contributed by atoms with van der Waals surface area (Å²) >= 11 is 5.95. The third-order valence-corrected chi connectivity index (χ3v) is 5.85. The van der Waals surface area contributed by atoms with Crippen LogP contribution in [0.1, 0.15) is 15.9 Å². The van der Waals surface area contributed by atoms with Gasteiger partial charge in [0.05, 0.1) is 9.95 Å². The Labute approximate surface area is 155 Å². The molecule has 8 nitrogen and oxygen atoms in total. The van der Waals surface area contributed by atoms with E-state index in [-0.39, 0.29) is 27.7 Å². The van der Waals surface area contributed by atoms with E-state index >= 15 is 0 Å². The lowest BCUT2D eigenvalue weighted by Crippen LogP contribution is -2.25. The van der Waals surface area contributed by atoms with Crippen LogP contribution in [0.25, 0.3) is 0 Å². The zero-order valence-corrected chi connectivity index (χ0v) is 15.5. The molecule has 0 saturated heterocycles. The minimum atomic E-state index is -3.79. The number of nitrogens with one attached hydrogen (secondary N) is 1. The molecule has 0 fully saturated rings. The fourth-order valence-corrected chi connectivity index (χ4v) is 3.45. The quantitative estimate of drug-likeness (QED) is 0.594. The van der Waals surface area contributed by atoms with Crippen molar-refractivity contribution in [1.82, 2.24) is 9.62 Å². The van der Waals surface area contributed by atoms with Crippen molar-refractivity contribution in [1.29, 1.82) is 0 Å². The van der Waals surface area contributed by atoms with Crippen molar-refractivity contribution in [3.05, 3.63) is 68.7 Å². The zero-order chi connectivity index (χ0) is 19.5. The summed E-state index contributed by atoms with van der Waals surface area (Å²) in [7, 11) is -1.05. The first kappa shape index (κ1) is 19.8. The number of benzene rings is 2. The highest BCUT2D eigenvalue weighted by molar-refractivity contribution is 7.89. The first-order valence-corrected chi connectivity index (χ1v) is 9.18. The summed E-state index contributed by atoms with van der Waals surface area (Å²) in [6.07, 6.45) is 0. The summed E-state index contributed by atoms with van der Waals surface area (Å²) < 4.78 is 25.5. The van der Waals surface area contributed by atoms with Gasteiger partial charge in [-0.2, -0.15) is 0 Å². The van der Waals surface area contributed by atoms with Gasteiger partial charge in [-0.25, -0.2) is 12.7 Å². The lowest BCUT2D eigenvalue weighted by Gasteiger charge is -2.14. The van der Waals surface area contributed by atoms with Crippen molar-refractivity contribution in [3.8, 4) is 0 Å². The van der Waals surface area contributed by atoms with Gasteiger partial charge in [0.2, 0.25) is 10.0 Å². The van der Waals surface area contributed by atoms with Crippen LogP contribution in [-0.4, -0.2) is 37.6 Å². The number of nitro benzene ring substituents is 1. The van der Waals surface area contributed by atoms with Crippen molar-refractivity contribution >= 4 is 33.2 Å². The molecule has 0 aliphatic carbocycles. The monoisotopic (exact) mass is 397 g/mol. The average molecular weight is 398 g/mol. The van der Waals surface area contributed by atoms with Gasteiger partial charge in [0.15, 0.2) is 0 Å². The number of rotatable bonds is 6. The Bertz CT molecular complexity index is 943. The van der Waals surface area contributed by atoms with Crippen LogP contribution in [0.4, 0.5) is 5.69 Å². The van der Waals surface area contributed by atoms with E-state index in [9.17, 15) is 23.3 Å². The maximum absolute atomic E-state index is 12.3. The van der Waals surface area contributed by atoms with Crippen molar-refractivity contribution in [2.24, 2.45) is 0 Å². The Morgan fingerprint density at radius 3 is 2.35 bits per heavy atom. The van der Waals surface area contributed by atoms with Crippen molar-refractivity contribution in [3.63, 3.8) is 0 Å². The summed E-state index contributed by atoms with van der Waals surface area (Å²) in [6, 6.07) is 9.71. The molecule has 26 heavy (non-hydrogen) atoms. The van der Waals surface area contributed by atoms with E-state index in [0.29, 0.717) is 5.56 Å². The molecule has 1 N–H and O–H groups in total. The Morgan fingerprint density at radius 2 is 1.81 bits per heavy atom. The number of carbonyl (C=O) groups is 1. The summed E-state index contributed by atoms with van der Waals surface area (Å²) in [6.45, 7) is 0.134. The predicted octanol–water partition coefficient (Wildman–Crippen LogP) is 2.43. The number of amides is 1. The second-order valence-corrected chi connectivity index (χ2v) is 8.07. The van der Waals surface area contributed by atoms with Crippen LogP contribution < -0.4 is 5.32 Å². The van der Waals surface area contributed by atoms with Crippen LogP contribution in [0.15, 0.2) is 47.4 Å². The molecule has 0 saturated carbocycles. The maximum Gasteiger partial charge on any atom is 0.269 e. The number of non-ortho nitro benzene ring substituents is 1. The summed E-state index contributed by atoms with van der Waals surface area (Å²) in [4.78, 5) is 22.2. The molecular weight excluding hydrogens is 382 g/mol. The topological polar surface area (TPSA) is 110 Å². The van der Waals surface area contributed by atoms with Crippen LogP contribution in [-0.2, 0) is 16.6 Å². The Balaban J connectivity index is 2.16. The summed E-state index contributed by atoms with van der Waals surface area (Å²) in [5, 5.41) is 13.3. The molecule has 0 bridgehead atoms. The number of nitro groups is 1. The molecule has 0 heterocycles. The fraction of sp³-hybridized carbons (Fsp3) is 0.188. The minimum Gasteiger partial charge on any atom is -0.348 e. The van der Waals surface area contributed by atoms with Crippen molar-refractivity contribution in [2.45, 2.75) is 11.4 Å². The highest BCUT2D eigenvalue weighted by atomic mass is 35.5. The standard InChI is InChI=1S/C16H16ClN3O5S/c1-19(2)26(24,25)15-9-12(5-8-14(15)17)16(21)18-10-11-3-6-13(7-4-11)20(22)23/h3-9H,10H2,1-2H3,(H,18,21). The number of carbonyl (C=O) groups excluding carboxylic acids is 1.